The van der Waals surface area contributed by atoms with Crippen LogP contribution in [0.5, 0.6) is 5.75 Å². The maximum Gasteiger partial charge on any atom is 0.263 e. The average Bonchev–Trinajstić information content (AvgIpc) is 2.80. The first-order chi connectivity index (χ1) is 9.89. The summed E-state index contributed by atoms with van der Waals surface area (Å²) in [6, 6.07) is 5.06. The number of nitrogens with one attached hydrogen (secondary N) is 1. The third kappa shape index (κ3) is 3.20. The van der Waals surface area contributed by atoms with E-state index in [1.165, 1.54) is 11.3 Å². The molecule has 0 atom stereocenters. The molecule has 7 heteroatoms. The van der Waals surface area contributed by atoms with E-state index in [9.17, 15) is 13.5 Å². The van der Waals surface area contributed by atoms with E-state index in [4.69, 9.17) is 4.74 Å². The van der Waals surface area contributed by atoms with Gasteiger partial charge >= 0.3 is 0 Å². The van der Waals surface area contributed by atoms with E-state index in [0.29, 0.717) is 21.9 Å². The Morgan fingerprint density at radius 2 is 2.00 bits per heavy atom. The van der Waals surface area contributed by atoms with E-state index in [2.05, 4.69) is 4.72 Å². The molecule has 0 aliphatic heterocycles. The number of hydrogen-bond acceptors (Lipinski definition) is 5. The molecule has 1 aromatic heterocycles. The molecule has 0 fully saturated rings. The SMILES string of the molecule is COc1ccc(NS(=O)(=O)c2c(C)csc2CO)cc1C. The lowest BCUT2D eigenvalue weighted by molar-refractivity contribution is 0.282. The molecule has 0 saturated carbocycles. The summed E-state index contributed by atoms with van der Waals surface area (Å²) in [5, 5.41) is 11.0. The highest BCUT2D eigenvalue weighted by Gasteiger charge is 2.23. The molecule has 0 saturated heterocycles. The van der Waals surface area contributed by atoms with Crippen molar-refractivity contribution in [3.63, 3.8) is 0 Å². The molecule has 21 heavy (non-hydrogen) atoms. The van der Waals surface area contributed by atoms with Crippen LogP contribution in [0.2, 0.25) is 0 Å². The molecule has 2 rings (SSSR count). The Labute approximate surface area is 128 Å². The number of sulfonamides is 1. The van der Waals surface area contributed by atoms with Gasteiger partial charge in [-0.05, 0) is 48.6 Å². The van der Waals surface area contributed by atoms with Gasteiger partial charge in [-0.2, -0.15) is 0 Å². The Bertz CT molecular complexity index is 750. The lowest BCUT2D eigenvalue weighted by Gasteiger charge is -2.11. The van der Waals surface area contributed by atoms with Crippen LogP contribution < -0.4 is 9.46 Å². The molecule has 0 bridgehead atoms. The number of aryl methyl sites for hydroxylation is 2. The fraction of sp³-hybridized carbons (Fsp3) is 0.286. The Kier molecular flexibility index (Phi) is 4.55. The summed E-state index contributed by atoms with van der Waals surface area (Å²) in [5.74, 6) is 0.695. The molecular formula is C14H17NO4S2. The Hall–Kier alpha value is -1.57. The number of anilines is 1. The van der Waals surface area contributed by atoms with E-state index in [1.807, 2.05) is 6.92 Å². The highest BCUT2D eigenvalue weighted by Crippen LogP contribution is 2.29. The zero-order valence-electron chi connectivity index (χ0n) is 12.0. The quantitative estimate of drug-likeness (QED) is 0.885. The molecule has 0 aliphatic rings. The smallest absolute Gasteiger partial charge is 0.263 e. The van der Waals surface area contributed by atoms with Gasteiger partial charge in [0.25, 0.3) is 10.0 Å². The number of ether oxygens (including phenoxy) is 1. The minimum atomic E-state index is -3.72. The van der Waals surface area contributed by atoms with Crippen LogP contribution in [0.4, 0.5) is 5.69 Å². The number of benzene rings is 1. The maximum atomic E-state index is 12.5. The third-order valence-corrected chi connectivity index (χ3v) is 5.88. The van der Waals surface area contributed by atoms with Gasteiger partial charge in [-0.25, -0.2) is 8.42 Å². The van der Waals surface area contributed by atoms with Gasteiger partial charge in [0, 0.05) is 5.69 Å². The van der Waals surface area contributed by atoms with Crippen molar-refractivity contribution in [2.24, 2.45) is 0 Å². The van der Waals surface area contributed by atoms with Crippen molar-refractivity contribution in [1.29, 1.82) is 0 Å². The molecule has 0 amide bonds. The van der Waals surface area contributed by atoms with E-state index in [-0.39, 0.29) is 11.5 Å². The van der Waals surface area contributed by atoms with Gasteiger partial charge in [0.1, 0.15) is 10.6 Å². The zero-order chi connectivity index (χ0) is 15.6. The first-order valence-electron chi connectivity index (χ1n) is 6.24. The van der Waals surface area contributed by atoms with Crippen LogP contribution in [-0.4, -0.2) is 20.6 Å². The van der Waals surface area contributed by atoms with E-state index < -0.39 is 10.0 Å². The predicted molar refractivity (Wildman–Crippen MR) is 83.5 cm³/mol. The normalized spacial score (nSPS) is 11.4. The number of aliphatic hydroxyl groups excluding tert-OH is 1. The van der Waals surface area contributed by atoms with Gasteiger partial charge in [0.2, 0.25) is 0 Å². The summed E-state index contributed by atoms with van der Waals surface area (Å²) < 4.78 is 32.7. The van der Waals surface area contributed by atoms with Crippen LogP contribution in [0.1, 0.15) is 16.0 Å². The highest BCUT2D eigenvalue weighted by atomic mass is 32.2. The predicted octanol–water partition coefficient (Wildman–Crippen LogP) is 2.67. The van der Waals surface area contributed by atoms with Crippen molar-refractivity contribution in [3.05, 3.63) is 39.6 Å². The monoisotopic (exact) mass is 327 g/mol. The van der Waals surface area contributed by atoms with Crippen molar-refractivity contribution in [1.82, 2.24) is 0 Å². The second-order valence-electron chi connectivity index (χ2n) is 4.62. The maximum absolute atomic E-state index is 12.5. The molecule has 2 N–H and O–H groups in total. The topological polar surface area (TPSA) is 75.6 Å². The summed E-state index contributed by atoms with van der Waals surface area (Å²) >= 11 is 1.23. The molecule has 1 aromatic carbocycles. The van der Waals surface area contributed by atoms with Crippen LogP contribution >= 0.6 is 11.3 Å². The number of hydrogen-bond donors (Lipinski definition) is 2. The summed E-state index contributed by atoms with van der Waals surface area (Å²) in [7, 11) is -2.16. The standard InChI is InChI=1S/C14H17NO4S2/c1-9-6-11(4-5-12(9)19-3)15-21(17,18)14-10(2)8-20-13(14)7-16/h4-6,8,15-16H,7H2,1-3H3. The number of thiophene rings is 1. The summed E-state index contributed by atoms with van der Waals surface area (Å²) in [4.78, 5) is 0.591. The number of aliphatic hydroxyl groups is 1. The van der Waals surface area contributed by atoms with Crippen LogP contribution in [0.15, 0.2) is 28.5 Å². The largest absolute Gasteiger partial charge is 0.496 e. The van der Waals surface area contributed by atoms with Crippen LogP contribution in [0.25, 0.3) is 0 Å². The van der Waals surface area contributed by atoms with Gasteiger partial charge in [-0.3, -0.25) is 4.72 Å². The molecule has 2 aromatic rings. The molecule has 0 spiro atoms. The number of rotatable bonds is 5. The first-order valence-corrected chi connectivity index (χ1v) is 8.60. The van der Waals surface area contributed by atoms with E-state index >= 15 is 0 Å². The molecule has 5 nitrogen and oxygen atoms in total. The summed E-state index contributed by atoms with van der Waals surface area (Å²) in [6.07, 6.45) is 0. The van der Waals surface area contributed by atoms with Gasteiger partial charge in [0.15, 0.2) is 0 Å². The van der Waals surface area contributed by atoms with Crippen molar-refractivity contribution >= 4 is 27.0 Å². The number of methoxy groups -OCH3 is 1. The van der Waals surface area contributed by atoms with Crippen molar-refractivity contribution in [2.75, 3.05) is 11.8 Å². The van der Waals surface area contributed by atoms with Gasteiger partial charge in [0.05, 0.1) is 18.6 Å². The van der Waals surface area contributed by atoms with Gasteiger partial charge in [-0.1, -0.05) is 0 Å². The fourth-order valence-electron chi connectivity index (χ4n) is 2.11. The minimum Gasteiger partial charge on any atom is -0.496 e. The second-order valence-corrected chi connectivity index (χ2v) is 7.20. The fourth-order valence-corrected chi connectivity index (χ4v) is 4.82. The van der Waals surface area contributed by atoms with Crippen LogP contribution in [0.3, 0.4) is 0 Å². The average molecular weight is 327 g/mol. The molecule has 0 unspecified atom stereocenters. The molecule has 1 heterocycles. The Balaban J connectivity index is 2.37. The second kappa shape index (κ2) is 6.05. The van der Waals surface area contributed by atoms with Crippen molar-refractivity contribution < 1.29 is 18.3 Å². The molecule has 0 aliphatic carbocycles. The Morgan fingerprint density at radius 1 is 1.29 bits per heavy atom. The van der Waals surface area contributed by atoms with Gasteiger partial charge in [-0.15, -0.1) is 11.3 Å². The highest BCUT2D eigenvalue weighted by molar-refractivity contribution is 7.93. The van der Waals surface area contributed by atoms with Gasteiger partial charge < -0.3 is 9.84 Å². The Morgan fingerprint density at radius 3 is 2.57 bits per heavy atom. The first kappa shape index (κ1) is 15.8. The molecular weight excluding hydrogens is 310 g/mol. The zero-order valence-corrected chi connectivity index (χ0v) is 13.6. The lowest BCUT2D eigenvalue weighted by Crippen LogP contribution is -2.15. The van der Waals surface area contributed by atoms with E-state index in [0.717, 1.165) is 5.56 Å². The molecule has 114 valence electrons. The minimum absolute atomic E-state index is 0.156. The summed E-state index contributed by atoms with van der Waals surface area (Å²) in [5.41, 5.74) is 1.92. The van der Waals surface area contributed by atoms with E-state index in [1.54, 1.807) is 37.6 Å². The lowest BCUT2D eigenvalue weighted by atomic mass is 10.2. The van der Waals surface area contributed by atoms with Crippen molar-refractivity contribution in [2.45, 2.75) is 25.3 Å². The molecule has 0 radical (unpaired) electrons. The van der Waals surface area contributed by atoms with Crippen molar-refractivity contribution in [3.8, 4) is 5.75 Å². The van der Waals surface area contributed by atoms with Crippen LogP contribution in [0, 0.1) is 13.8 Å². The third-order valence-electron chi connectivity index (χ3n) is 3.05. The summed E-state index contributed by atoms with van der Waals surface area (Å²) in [6.45, 7) is 3.26. The van der Waals surface area contributed by atoms with Crippen LogP contribution in [-0.2, 0) is 16.6 Å².